The monoisotopic (exact) mass is 316 g/mol. The highest BCUT2D eigenvalue weighted by atomic mass is 35.5. The van der Waals surface area contributed by atoms with Crippen molar-refractivity contribution in [1.29, 1.82) is 0 Å². The second-order valence-electron chi connectivity index (χ2n) is 5.12. The molecule has 118 valence electrons. The van der Waals surface area contributed by atoms with Gasteiger partial charge in [-0.05, 0) is 12.3 Å². The molecule has 1 aromatic heterocycles. The lowest BCUT2D eigenvalue weighted by Gasteiger charge is -2.20. The third-order valence-corrected chi connectivity index (χ3v) is 3.26. The highest BCUT2D eigenvalue weighted by Crippen LogP contribution is 2.18. The average molecular weight is 317 g/mol. The molecule has 0 saturated heterocycles. The molecule has 7 nitrogen and oxygen atoms in total. The summed E-state index contributed by atoms with van der Waals surface area (Å²) < 4.78 is 5.45. The Morgan fingerprint density at radius 2 is 2.24 bits per heavy atom. The van der Waals surface area contributed by atoms with Gasteiger partial charge in [0.25, 0.3) is 5.56 Å². The molecule has 0 spiro atoms. The van der Waals surface area contributed by atoms with Crippen LogP contribution >= 0.6 is 11.6 Å². The number of nitrogens with zero attached hydrogens (tertiary/aromatic N) is 2. The first-order valence-electron chi connectivity index (χ1n) is 6.68. The number of aromatic nitrogens is 2. The first-order chi connectivity index (χ1) is 9.88. The molecule has 0 fully saturated rings. The Kier molecular flexibility index (Phi) is 6.64. The second kappa shape index (κ2) is 7.99. The Morgan fingerprint density at radius 1 is 1.57 bits per heavy atom. The summed E-state index contributed by atoms with van der Waals surface area (Å²) in [6, 6.07) is 0.000145. The summed E-state index contributed by atoms with van der Waals surface area (Å²) in [5.74, 6) is -0.113. The fraction of sp³-hybridized carbons (Fsp3) is 0.615. The summed E-state index contributed by atoms with van der Waals surface area (Å²) >= 11 is 6.03. The van der Waals surface area contributed by atoms with E-state index in [-0.39, 0.29) is 17.6 Å². The van der Waals surface area contributed by atoms with Gasteiger partial charge < -0.3 is 15.8 Å². The molecule has 3 N–H and O–H groups in total. The third kappa shape index (κ3) is 5.02. The van der Waals surface area contributed by atoms with Gasteiger partial charge in [-0.25, -0.2) is 4.68 Å². The van der Waals surface area contributed by atoms with Crippen LogP contribution in [0.4, 0.5) is 5.69 Å². The van der Waals surface area contributed by atoms with Crippen molar-refractivity contribution in [3.63, 3.8) is 0 Å². The third-order valence-electron chi connectivity index (χ3n) is 2.89. The fourth-order valence-corrected chi connectivity index (χ4v) is 2.07. The number of hydrogen-bond donors (Lipinski definition) is 2. The predicted octanol–water partition coefficient (Wildman–Crippen LogP) is 0.855. The van der Waals surface area contributed by atoms with Crippen LogP contribution in [0, 0.1) is 5.92 Å². The summed E-state index contributed by atoms with van der Waals surface area (Å²) in [6.07, 6.45) is 2.26. The van der Waals surface area contributed by atoms with Crippen LogP contribution in [0.15, 0.2) is 11.0 Å². The molecule has 1 aromatic rings. The van der Waals surface area contributed by atoms with E-state index in [0.717, 1.165) is 11.1 Å². The Hall–Kier alpha value is -1.60. The minimum absolute atomic E-state index is 0.000145. The normalized spacial score (nSPS) is 12.3. The van der Waals surface area contributed by atoms with Crippen LogP contribution in [0.25, 0.3) is 0 Å². The van der Waals surface area contributed by atoms with Gasteiger partial charge in [0, 0.05) is 12.6 Å². The van der Waals surface area contributed by atoms with E-state index < -0.39 is 11.5 Å². The van der Waals surface area contributed by atoms with Gasteiger partial charge in [-0.3, -0.25) is 9.59 Å². The van der Waals surface area contributed by atoms with Crippen LogP contribution in [-0.2, 0) is 16.1 Å². The van der Waals surface area contributed by atoms with Gasteiger partial charge in [0.2, 0.25) is 0 Å². The highest BCUT2D eigenvalue weighted by molar-refractivity contribution is 6.32. The molecule has 1 atom stereocenters. The molecular formula is C13H21ClN4O3. The Bertz CT molecular complexity index is 545. The molecule has 0 aliphatic carbocycles. The lowest BCUT2D eigenvalue weighted by atomic mass is 10.0. The number of esters is 1. The predicted molar refractivity (Wildman–Crippen MR) is 81.4 cm³/mol. The van der Waals surface area contributed by atoms with Crippen LogP contribution in [0.1, 0.15) is 20.3 Å². The van der Waals surface area contributed by atoms with Crippen LogP contribution in [0.3, 0.4) is 0 Å². The molecule has 1 rings (SSSR count). The van der Waals surface area contributed by atoms with Gasteiger partial charge in [0.1, 0.15) is 11.6 Å². The number of nitrogens with two attached hydrogens (primary N) is 1. The Balaban J connectivity index is 2.93. The zero-order valence-electron chi connectivity index (χ0n) is 12.4. The van der Waals surface area contributed by atoms with Crippen molar-refractivity contribution in [3.05, 3.63) is 21.6 Å². The minimum atomic E-state index is -0.569. The number of ether oxygens (including phenoxy) is 1. The van der Waals surface area contributed by atoms with E-state index in [0.29, 0.717) is 18.2 Å². The zero-order chi connectivity index (χ0) is 16.0. The standard InChI is InChI=1S/C13H21ClN4O3/c1-8(2)4-9(5-15)17-10-6-16-18(7-11(19)21-3)13(20)12(10)14/h6,8-9,17H,4-5,7,15H2,1-3H3. The topological polar surface area (TPSA) is 99.2 Å². The summed E-state index contributed by atoms with van der Waals surface area (Å²) in [5.41, 5.74) is 5.57. The van der Waals surface area contributed by atoms with E-state index >= 15 is 0 Å². The van der Waals surface area contributed by atoms with Crippen LogP contribution in [-0.4, -0.2) is 35.4 Å². The largest absolute Gasteiger partial charge is 0.468 e. The van der Waals surface area contributed by atoms with Gasteiger partial charge >= 0.3 is 5.97 Å². The first-order valence-corrected chi connectivity index (χ1v) is 7.05. The highest BCUT2D eigenvalue weighted by Gasteiger charge is 2.15. The van der Waals surface area contributed by atoms with Crippen molar-refractivity contribution in [1.82, 2.24) is 9.78 Å². The molecule has 8 heteroatoms. The maximum atomic E-state index is 12.0. The molecule has 0 aliphatic rings. The van der Waals surface area contributed by atoms with Crippen LogP contribution in [0.5, 0.6) is 0 Å². The second-order valence-corrected chi connectivity index (χ2v) is 5.50. The van der Waals surface area contributed by atoms with Crippen molar-refractivity contribution in [2.24, 2.45) is 11.7 Å². The van der Waals surface area contributed by atoms with Crippen molar-refractivity contribution in [3.8, 4) is 0 Å². The van der Waals surface area contributed by atoms with Gasteiger partial charge in [-0.1, -0.05) is 25.4 Å². The van der Waals surface area contributed by atoms with Crippen molar-refractivity contribution in [2.45, 2.75) is 32.9 Å². The van der Waals surface area contributed by atoms with Gasteiger partial charge in [0.15, 0.2) is 0 Å². The zero-order valence-corrected chi connectivity index (χ0v) is 13.2. The van der Waals surface area contributed by atoms with Crippen molar-refractivity contribution < 1.29 is 9.53 Å². The van der Waals surface area contributed by atoms with E-state index in [1.54, 1.807) is 0 Å². The molecule has 0 amide bonds. The number of methoxy groups -OCH3 is 1. The van der Waals surface area contributed by atoms with E-state index in [1.807, 2.05) is 0 Å². The van der Waals surface area contributed by atoms with Crippen LogP contribution in [0.2, 0.25) is 5.02 Å². The molecule has 1 heterocycles. The van der Waals surface area contributed by atoms with Crippen molar-refractivity contribution >= 4 is 23.3 Å². The van der Waals surface area contributed by atoms with E-state index in [4.69, 9.17) is 17.3 Å². The molecule has 0 saturated carbocycles. The number of nitrogens with one attached hydrogen (secondary N) is 1. The smallest absolute Gasteiger partial charge is 0.327 e. The average Bonchev–Trinajstić information content (AvgIpc) is 2.45. The summed E-state index contributed by atoms with van der Waals surface area (Å²) in [7, 11) is 1.24. The Morgan fingerprint density at radius 3 is 2.76 bits per heavy atom. The number of carbonyl (C=O) groups is 1. The molecule has 21 heavy (non-hydrogen) atoms. The van der Waals surface area contributed by atoms with E-state index in [1.165, 1.54) is 13.3 Å². The number of rotatable bonds is 7. The van der Waals surface area contributed by atoms with Gasteiger partial charge in [0.05, 0.1) is 19.0 Å². The van der Waals surface area contributed by atoms with E-state index in [2.05, 4.69) is 29.0 Å². The Labute approximate surface area is 128 Å². The lowest BCUT2D eigenvalue weighted by molar-refractivity contribution is -0.141. The molecule has 0 radical (unpaired) electrons. The quantitative estimate of drug-likeness (QED) is 0.724. The molecule has 0 bridgehead atoms. The number of halogens is 1. The molecule has 0 aromatic carbocycles. The maximum Gasteiger partial charge on any atom is 0.327 e. The minimum Gasteiger partial charge on any atom is -0.468 e. The SMILES string of the molecule is COC(=O)Cn1ncc(NC(CN)CC(C)C)c(Cl)c1=O. The number of hydrogen-bond acceptors (Lipinski definition) is 6. The maximum absolute atomic E-state index is 12.0. The fourth-order valence-electron chi connectivity index (χ4n) is 1.87. The van der Waals surface area contributed by atoms with Gasteiger partial charge in [-0.15, -0.1) is 0 Å². The molecular weight excluding hydrogens is 296 g/mol. The molecule has 0 aliphatic heterocycles. The molecule has 1 unspecified atom stereocenters. The van der Waals surface area contributed by atoms with Crippen LogP contribution < -0.4 is 16.6 Å². The van der Waals surface area contributed by atoms with Crippen molar-refractivity contribution in [2.75, 3.05) is 19.0 Å². The van der Waals surface area contributed by atoms with Gasteiger partial charge in [-0.2, -0.15) is 5.10 Å². The summed E-state index contributed by atoms with van der Waals surface area (Å²) in [6.45, 7) is 4.30. The number of carbonyl (C=O) groups excluding carboxylic acids is 1. The number of anilines is 1. The summed E-state index contributed by atoms with van der Waals surface area (Å²) in [5, 5.41) is 7.01. The van der Waals surface area contributed by atoms with E-state index in [9.17, 15) is 9.59 Å². The first kappa shape index (κ1) is 17.5. The summed E-state index contributed by atoms with van der Waals surface area (Å²) in [4.78, 5) is 23.2. The lowest BCUT2D eigenvalue weighted by Crippen LogP contribution is -2.33.